The number of halogens is 2. The monoisotopic (exact) mass is 224 g/mol. The van der Waals surface area contributed by atoms with Crippen LogP contribution < -0.4 is 5.69 Å². The first-order valence-corrected chi connectivity index (χ1v) is 4.50. The lowest BCUT2D eigenvalue weighted by Gasteiger charge is -2.03. The van der Waals surface area contributed by atoms with Crippen molar-refractivity contribution in [3.8, 4) is 5.88 Å². The Kier molecular flexibility index (Phi) is 2.93. The number of hydrogen-bond acceptors (Lipinski definition) is 2. The molecule has 0 aliphatic rings. The Morgan fingerprint density at radius 3 is 2.23 bits per heavy atom. The van der Waals surface area contributed by atoms with Crippen molar-refractivity contribution in [2.75, 3.05) is 0 Å². The van der Waals surface area contributed by atoms with Crippen molar-refractivity contribution in [1.82, 2.24) is 8.17 Å². The van der Waals surface area contributed by atoms with E-state index in [4.69, 9.17) is 23.6 Å². The fourth-order valence-corrected chi connectivity index (χ4v) is 1.47. The van der Waals surface area contributed by atoms with E-state index in [9.17, 15) is 9.90 Å². The molecule has 0 bridgehead atoms. The number of nitrogens with zero attached hydrogens (tertiary/aromatic N) is 2. The van der Waals surface area contributed by atoms with Crippen molar-refractivity contribution in [3.05, 3.63) is 16.2 Å². The lowest BCUT2D eigenvalue weighted by molar-refractivity contribution is 0.436. The average Bonchev–Trinajstić information content (AvgIpc) is 2.22. The molecule has 0 atom stereocenters. The van der Waals surface area contributed by atoms with E-state index in [-0.39, 0.29) is 11.8 Å². The summed E-state index contributed by atoms with van der Waals surface area (Å²) in [6, 6.07) is 0. The maximum absolute atomic E-state index is 11.1. The molecule has 0 fully saturated rings. The largest absolute Gasteiger partial charge is 0.492 e. The van der Waals surface area contributed by atoms with Crippen LogP contribution >= 0.6 is 23.6 Å². The van der Waals surface area contributed by atoms with Gasteiger partial charge in [0.25, 0.3) is 0 Å². The summed E-state index contributed by atoms with van der Waals surface area (Å²) in [4.78, 5) is 11.1. The fraction of sp³-hybridized carbons (Fsp3) is 0.571. The first-order valence-electron chi connectivity index (χ1n) is 3.83. The van der Waals surface area contributed by atoms with E-state index in [1.165, 1.54) is 0 Å². The van der Waals surface area contributed by atoms with Gasteiger partial charge in [-0.15, -0.1) is 0 Å². The summed E-state index contributed by atoms with van der Waals surface area (Å²) in [6.07, 6.45) is 0.504. The van der Waals surface area contributed by atoms with Gasteiger partial charge in [0, 0.05) is 23.6 Å². The standard InChI is InChI=1S/C7H10Cl2N2O2/c1-4(2)3-5-6(12)11(9)7(13)10(5)8/h4,12H,3H2,1-2H3. The molecule has 0 saturated heterocycles. The molecule has 0 spiro atoms. The van der Waals surface area contributed by atoms with Crippen LogP contribution in [0.4, 0.5) is 0 Å². The molecule has 0 aliphatic heterocycles. The van der Waals surface area contributed by atoms with Crippen molar-refractivity contribution in [3.63, 3.8) is 0 Å². The fourth-order valence-electron chi connectivity index (χ4n) is 1.04. The highest BCUT2D eigenvalue weighted by Crippen LogP contribution is 2.20. The summed E-state index contributed by atoms with van der Waals surface area (Å²) in [7, 11) is 0. The van der Waals surface area contributed by atoms with Crippen molar-refractivity contribution in [2.45, 2.75) is 20.3 Å². The van der Waals surface area contributed by atoms with Gasteiger partial charge in [-0.1, -0.05) is 13.8 Å². The van der Waals surface area contributed by atoms with Gasteiger partial charge in [0.1, 0.15) is 5.69 Å². The molecule has 0 saturated carbocycles. The Labute approximate surface area is 85.5 Å². The van der Waals surface area contributed by atoms with Crippen LogP contribution in [0.2, 0.25) is 0 Å². The van der Waals surface area contributed by atoms with Gasteiger partial charge in [0.05, 0.1) is 0 Å². The van der Waals surface area contributed by atoms with Gasteiger partial charge >= 0.3 is 5.69 Å². The SMILES string of the molecule is CC(C)Cc1c(O)n(Cl)c(=O)n1Cl. The highest BCUT2D eigenvalue weighted by molar-refractivity contribution is 6.18. The van der Waals surface area contributed by atoms with Gasteiger partial charge in [0.15, 0.2) is 0 Å². The third-order valence-corrected chi connectivity index (χ3v) is 2.27. The van der Waals surface area contributed by atoms with Gasteiger partial charge < -0.3 is 5.11 Å². The third-order valence-electron chi connectivity index (χ3n) is 1.62. The topological polar surface area (TPSA) is 47.2 Å². The molecule has 0 aromatic carbocycles. The molecule has 0 unspecified atom stereocenters. The van der Waals surface area contributed by atoms with E-state index >= 15 is 0 Å². The molecule has 0 aliphatic carbocycles. The summed E-state index contributed by atoms with van der Waals surface area (Å²) < 4.78 is 1.44. The Hall–Kier alpha value is -0.610. The molecule has 1 rings (SSSR count). The van der Waals surface area contributed by atoms with Crippen LogP contribution in [0.1, 0.15) is 19.5 Å². The molecule has 13 heavy (non-hydrogen) atoms. The summed E-state index contributed by atoms with van der Waals surface area (Å²) >= 11 is 11.0. The molecule has 1 heterocycles. The van der Waals surface area contributed by atoms with E-state index in [0.717, 1.165) is 4.09 Å². The molecule has 0 radical (unpaired) electrons. The predicted octanol–water partition coefficient (Wildman–Crippen LogP) is 1.56. The van der Waals surface area contributed by atoms with Crippen LogP contribution in [-0.2, 0) is 6.42 Å². The molecular formula is C7H10Cl2N2O2. The van der Waals surface area contributed by atoms with Crippen LogP contribution in [0.25, 0.3) is 0 Å². The molecule has 1 aromatic heterocycles. The zero-order valence-corrected chi connectivity index (χ0v) is 8.80. The van der Waals surface area contributed by atoms with Crippen molar-refractivity contribution >= 4 is 23.6 Å². The second kappa shape index (κ2) is 3.64. The molecular weight excluding hydrogens is 215 g/mol. The van der Waals surface area contributed by atoms with Gasteiger partial charge in [0.2, 0.25) is 5.88 Å². The summed E-state index contributed by atoms with van der Waals surface area (Å²) in [5.74, 6) is 0.00438. The first kappa shape index (κ1) is 10.5. The smallest absolute Gasteiger partial charge is 0.361 e. The lowest BCUT2D eigenvalue weighted by atomic mass is 10.1. The number of rotatable bonds is 2. The number of imidazole rings is 1. The molecule has 74 valence electrons. The third kappa shape index (κ3) is 1.84. The van der Waals surface area contributed by atoms with E-state index in [0.29, 0.717) is 16.2 Å². The summed E-state index contributed by atoms with van der Waals surface area (Å²) in [5, 5.41) is 9.37. The molecule has 1 aromatic rings. The van der Waals surface area contributed by atoms with Crippen LogP contribution in [0.5, 0.6) is 5.88 Å². The first-order chi connectivity index (χ1) is 5.95. The van der Waals surface area contributed by atoms with Gasteiger partial charge in [-0.2, -0.15) is 4.09 Å². The van der Waals surface area contributed by atoms with E-state index < -0.39 is 5.69 Å². The van der Waals surface area contributed by atoms with E-state index in [1.807, 2.05) is 13.8 Å². The van der Waals surface area contributed by atoms with Gasteiger partial charge in [-0.05, 0) is 12.3 Å². The Morgan fingerprint density at radius 2 is 1.92 bits per heavy atom. The van der Waals surface area contributed by atoms with Crippen molar-refractivity contribution < 1.29 is 5.11 Å². The van der Waals surface area contributed by atoms with Crippen LogP contribution in [-0.4, -0.2) is 13.3 Å². The summed E-state index contributed by atoms with van der Waals surface area (Å²) in [5.41, 5.74) is -0.298. The van der Waals surface area contributed by atoms with Crippen molar-refractivity contribution in [1.29, 1.82) is 0 Å². The highest BCUT2D eigenvalue weighted by atomic mass is 35.5. The van der Waals surface area contributed by atoms with Gasteiger partial charge in [-0.25, -0.2) is 8.88 Å². The second-order valence-corrected chi connectivity index (χ2v) is 3.89. The average molecular weight is 225 g/mol. The minimum absolute atomic E-state index is 0.282. The van der Waals surface area contributed by atoms with Gasteiger partial charge in [-0.3, -0.25) is 0 Å². The highest BCUT2D eigenvalue weighted by Gasteiger charge is 2.17. The zero-order valence-electron chi connectivity index (χ0n) is 7.29. The Bertz CT molecular complexity index is 367. The number of hydrogen-bond donors (Lipinski definition) is 1. The van der Waals surface area contributed by atoms with E-state index in [2.05, 4.69) is 0 Å². The Morgan fingerprint density at radius 1 is 1.38 bits per heavy atom. The Balaban J connectivity index is 3.21. The maximum Gasteiger partial charge on any atom is 0.361 e. The molecule has 1 N–H and O–H groups in total. The van der Waals surface area contributed by atoms with Crippen LogP contribution in [0.3, 0.4) is 0 Å². The minimum atomic E-state index is -0.642. The second-order valence-electron chi connectivity index (χ2n) is 3.21. The lowest BCUT2D eigenvalue weighted by Crippen LogP contribution is -2.14. The minimum Gasteiger partial charge on any atom is -0.492 e. The van der Waals surface area contributed by atoms with Crippen molar-refractivity contribution in [2.24, 2.45) is 5.92 Å². The predicted molar refractivity (Wildman–Crippen MR) is 51.4 cm³/mol. The number of aromatic nitrogens is 2. The van der Waals surface area contributed by atoms with Crippen LogP contribution in [0.15, 0.2) is 4.79 Å². The maximum atomic E-state index is 11.1. The normalized spacial score (nSPS) is 11.2. The molecule has 4 nitrogen and oxygen atoms in total. The van der Waals surface area contributed by atoms with E-state index in [1.54, 1.807) is 0 Å². The number of aromatic hydroxyl groups is 1. The summed E-state index contributed by atoms with van der Waals surface area (Å²) in [6.45, 7) is 3.90. The quantitative estimate of drug-likeness (QED) is 0.830. The van der Waals surface area contributed by atoms with Crippen LogP contribution in [0, 0.1) is 5.92 Å². The molecule has 0 amide bonds. The zero-order chi connectivity index (χ0) is 10.2. The molecule has 6 heteroatoms.